The first-order valence-corrected chi connectivity index (χ1v) is 7.80. The van der Waals surface area contributed by atoms with Crippen molar-refractivity contribution in [1.82, 2.24) is 0 Å². The third kappa shape index (κ3) is 6.62. The summed E-state index contributed by atoms with van der Waals surface area (Å²) in [5, 5.41) is 2.31. The molecule has 0 spiro atoms. The van der Waals surface area contributed by atoms with Crippen LogP contribution in [0.1, 0.15) is 12.0 Å². The van der Waals surface area contributed by atoms with Crippen molar-refractivity contribution in [3.05, 3.63) is 23.8 Å². The van der Waals surface area contributed by atoms with E-state index in [-0.39, 0.29) is 23.5 Å². The zero-order chi connectivity index (χ0) is 18.3. The maximum absolute atomic E-state index is 12.8. The molecular weight excluding hydrogens is 355 g/mol. The number of alkyl halides is 5. The van der Waals surface area contributed by atoms with E-state index in [1.54, 1.807) is 0 Å². The quantitative estimate of drug-likeness (QED) is 0.543. The molecule has 0 aliphatic heterocycles. The Morgan fingerprint density at radius 3 is 2.54 bits per heavy atom. The van der Waals surface area contributed by atoms with E-state index in [1.807, 2.05) is 0 Å². The maximum Gasteiger partial charge on any atom is 0.416 e. The van der Waals surface area contributed by atoms with E-state index in [0.29, 0.717) is 11.8 Å². The Balaban J connectivity index is 2.99. The molecule has 4 nitrogen and oxygen atoms in total. The maximum atomic E-state index is 12.8. The van der Waals surface area contributed by atoms with Gasteiger partial charge in [-0.3, -0.25) is 4.79 Å². The molecular formula is C14H17F5N2O2S. The summed E-state index contributed by atoms with van der Waals surface area (Å²) in [6, 6.07) is 2.56. The number of nitrogens with one attached hydrogen (secondary N) is 1. The van der Waals surface area contributed by atoms with Crippen LogP contribution in [0.2, 0.25) is 0 Å². The summed E-state index contributed by atoms with van der Waals surface area (Å²) in [6.07, 6.45) is -8.00. The van der Waals surface area contributed by atoms with E-state index in [4.69, 9.17) is 10.5 Å². The Morgan fingerprint density at radius 1 is 1.38 bits per heavy atom. The van der Waals surface area contributed by atoms with Gasteiger partial charge in [0.1, 0.15) is 0 Å². The van der Waals surface area contributed by atoms with Crippen molar-refractivity contribution in [3.63, 3.8) is 0 Å². The zero-order valence-corrected chi connectivity index (χ0v) is 13.5. The van der Waals surface area contributed by atoms with Crippen LogP contribution in [-0.2, 0) is 15.7 Å². The molecule has 1 aromatic rings. The highest BCUT2D eigenvalue weighted by Crippen LogP contribution is 2.36. The minimum absolute atomic E-state index is 0.0551. The Bertz CT molecular complexity index is 550. The van der Waals surface area contributed by atoms with Crippen molar-refractivity contribution < 1.29 is 31.5 Å². The van der Waals surface area contributed by atoms with Gasteiger partial charge in [0.2, 0.25) is 12.3 Å². The van der Waals surface area contributed by atoms with Crippen LogP contribution >= 0.6 is 11.8 Å². The number of carbonyl (C=O) groups is 1. The van der Waals surface area contributed by atoms with E-state index >= 15 is 0 Å². The molecule has 0 aliphatic rings. The Kier molecular flexibility index (Phi) is 7.91. The third-order valence-electron chi connectivity index (χ3n) is 2.96. The molecule has 10 heteroatoms. The monoisotopic (exact) mass is 372 g/mol. The number of rotatable bonds is 8. The molecule has 1 unspecified atom stereocenters. The number of methoxy groups -OCH3 is 1. The molecule has 0 aliphatic carbocycles. The van der Waals surface area contributed by atoms with Crippen molar-refractivity contribution >= 4 is 23.4 Å². The lowest BCUT2D eigenvalue weighted by Crippen LogP contribution is -2.28. The van der Waals surface area contributed by atoms with E-state index in [1.165, 1.54) is 7.11 Å². The van der Waals surface area contributed by atoms with Crippen LogP contribution in [0.3, 0.4) is 0 Å². The van der Waals surface area contributed by atoms with Gasteiger partial charge in [0.15, 0.2) is 0 Å². The number of thioether (sulfide) groups is 1. The normalized spacial score (nSPS) is 13.2. The van der Waals surface area contributed by atoms with Crippen LogP contribution in [0, 0.1) is 0 Å². The summed E-state index contributed by atoms with van der Waals surface area (Å²) in [4.78, 5) is 12.0. The predicted molar refractivity (Wildman–Crippen MR) is 81.3 cm³/mol. The van der Waals surface area contributed by atoms with E-state index in [0.717, 1.165) is 18.2 Å². The largest absolute Gasteiger partial charge is 0.416 e. The first kappa shape index (κ1) is 20.7. The lowest BCUT2D eigenvalue weighted by atomic mass is 10.2. The van der Waals surface area contributed by atoms with Crippen molar-refractivity contribution in [1.29, 1.82) is 0 Å². The molecule has 0 aromatic heterocycles. The Morgan fingerprint density at radius 2 is 2.04 bits per heavy atom. The molecule has 1 atom stereocenters. The molecule has 0 bridgehead atoms. The van der Waals surface area contributed by atoms with E-state index in [2.05, 4.69) is 5.32 Å². The average molecular weight is 372 g/mol. The second kappa shape index (κ2) is 9.19. The molecule has 136 valence electrons. The number of benzene rings is 1. The van der Waals surface area contributed by atoms with Gasteiger partial charge in [-0.15, -0.1) is 11.8 Å². The summed E-state index contributed by atoms with van der Waals surface area (Å²) < 4.78 is 68.0. The SMILES string of the molecule is COC(CN)CC(=O)Nc1cc(C(F)(F)F)ccc1SCC(F)F. The second-order valence-corrected chi connectivity index (χ2v) is 5.82. The summed E-state index contributed by atoms with van der Waals surface area (Å²) in [5.74, 6) is -1.22. The molecule has 0 saturated carbocycles. The van der Waals surface area contributed by atoms with Gasteiger partial charge in [0.25, 0.3) is 0 Å². The Labute approximate surface area is 139 Å². The number of ether oxygens (including phenoxy) is 1. The van der Waals surface area contributed by atoms with E-state index < -0.39 is 35.9 Å². The first-order valence-electron chi connectivity index (χ1n) is 6.82. The molecule has 0 heterocycles. The highest BCUT2D eigenvalue weighted by atomic mass is 32.2. The van der Waals surface area contributed by atoms with Crippen LogP contribution in [0.25, 0.3) is 0 Å². The number of halogens is 5. The average Bonchev–Trinajstić information content (AvgIpc) is 2.50. The first-order chi connectivity index (χ1) is 11.2. The molecule has 24 heavy (non-hydrogen) atoms. The summed E-state index contributed by atoms with van der Waals surface area (Å²) in [7, 11) is 1.35. The van der Waals surface area contributed by atoms with Crippen LogP contribution in [0.15, 0.2) is 23.1 Å². The molecule has 1 aromatic carbocycles. The van der Waals surface area contributed by atoms with E-state index in [9.17, 15) is 26.7 Å². The van der Waals surface area contributed by atoms with Crippen LogP contribution < -0.4 is 11.1 Å². The minimum atomic E-state index is -4.61. The number of hydrogen-bond donors (Lipinski definition) is 2. The molecule has 1 amide bonds. The fraction of sp³-hybridized carbons (Fsp3) is 0.500. The lowest BCUT2D eigenvalue weighted by molar-refractivity contribution is -0.137. The number of anilines is 1. The molecule has 3 N–H and O–H groups in total. The fourth-order valence-electron chi connectivity index (χ4n) is 1.75. The van der Waals surface area contributed by atoms with Gasteiger partial charge in [-0.2, -0.15) is 13.2 Å². The summed E-state index contributed by atoms with van der Waals surface area (Å²) in [5.41, 5.74) is 4.22. The summed E-state index contributed by atoms with van der Waals surface area (Å²) >= 11 is 0.659. The minimum Gasteiger partial charge on any atom is -0.380 e. The van der Waals surface area contributed by atoms with Crippen molar-refractivity contribution in [2.75, 3.05) is 24.7 Å². The van der Waals surface area contributed by atoms with Crippen molar-refractivity contribution in [2.24, 2.45) is 5.73 Å². The molecule has 1 rings (SSSR count). The topological polar surface area (TPSA) is 64.3 Å². The summed E-state index contributed by atoms with van der Waals surface area (Å²) in [6.45, 7) is 0.0551. The standard InChI is InChI=1S/C14H17F5N2O2S/c1-23-9(6-20)5-13(22)21-10-4-8(14(17,18)19)2-3-11(10)24-7-12(15)16/h2-4,9,12H,5-7,20H2,1H3,(H,21,22). The lowest BCUT2D eigenvalue weighted by Gasteiger charge is -2.16. The molecule has 0 radical (unpaired) electrons. The Hall–Kier alpha value is -1.39. The van der Waals surface area contributed by atoms with Crippen molar-refractivity contribution in [2.45, 2.75) is 30.0 Å². The highest BCUT2D eigenvalue weighted by Gasteiger charge is 2.31. The fourth-order valence-corrected chi connectivity index (χ4v) is 2.49. The second-order valence-electron chi connectivity index (χ2n) is 4.76. The smallest absolute Gasteiger partial charge is 0.380 e. The number of nitrogens with two attached hydrogens (primary N) is 1. The molecule has 0 saturated heterocycles. The zero-order valence-electron chi connectivity index (χ0n) is 12.7. The number of amides is 1. The van der Waals surface area contributed by atoms with Gasteiger partial charge in [-0.25, -0.2) is 8.78 Å². The third-order valence-corrected chi connectivity index (χ3v) is 4.04. The van der Waals surface area contributed by atoms with Gasteiger partial charge < -0.3 is 15.8 Å². The number of hydrogen-bond acceptors (Lipinski definition) is 4. The van der Waals surface area contributed by atoms with Gasteiger partial charge >= 0.3 is 6.18 Å². The predicted octanol–water partition coefficient (Wildman–Crippen LogP) is 3.36. The highest BCUT2D eigenvalue weighted by molar-refractivity contribution is 7.99. The van der Waals surface area contributed by atoms with Gasteiger partial charge in [-0.05, 0) is 18.2 Å². The van der Waals surface area contributed by atoms with Crippen LogP contribution in [0.5, 0.6) is 0 Å². The molecule has 0 fully saturated rings. The number of carbonyl (C=O) groups excluding carboxylic acids is 1. The van der Waals surface area contributed by atoms with Gasteiger partial charge in [-0.1, -0.05) is 0 Å². The van der Waals surface area contributed by atoms with Crippen LogP contribution in [-0.4, -0.2) is 37.8 Å². The van der Waals surface area contributed by atoms with Crippen LogP contribution in [0.4, 0.5) is 27.6 Å². The van der Waals surface area contributed by atoms with Crippen molar-refractivity contribution in [3.8, 4) is 0 Å². The van der Waals surface area contributed by atoms with Gasteiger partial charge in [0, 0.05) is 18.6 Å². The van der Waals surface area contributed by atoms with Gasteiger partial charge in [0.05, 0.1) is 29.5 Å².